The number of carbonyl (C=O) groups is 4. The fraction of sp³-hybridized carbons (Fsp3) is 0.480. The van der Waals surface area contributed by atoms with Crippen LogP contribution in [0.4, 0.5) is 0 Å². The minimum absolute atomic E-state index is 0.00946. The van der Waals surface area contributed by atoms with Gasteiger partial charge in [-0.05, 0) is 289 Å². The molecule has 145 heavy (non-hydrogen) atoms. The molecule has 12 nitrogen and oxygen atoms in total. The lowest BCUT2D eigenvalue weighted by molar-refractivity contribution is -0.141. The second-order valence-corrected chi connectivity index (χ2v) is 53.8. The summed E-state index contributed by atoms with van der Waals surface area (Å²) in [5.74, 6) is 19.4. The van der Waals surface area contributed by atoms with Gasteiger partial charge < -0.3 is 28.5 Å². The molecule has 0 radical (unpaired) electrons. The van der Waals surface area contributed by atoms with Gasteiger partial charge in [0.1, 0.15) is 80.4 Å². The lowest BCUT2D eigenvalue weighted by Gasteiger charge is -2.20. The van der Waals surface area contributed by atoms with Crippen molar-refractivity contribution in [2.75, 3.05) is 57.5 Å². The van der Waals surface area contributed by atoms with Crippen molar-refractivity contribution >= 4 is 168 Å². The van der Waals surface area contributed by atoms with Crippen LogP contribution in [-0.2, 0) is 62.8 Å². The van der Waals surface area contributed by atoms with Crippen LogP contribution in [0.1, 0.15) is 279 Å². The summed E-state index contributed by atoms with van der Waals surface area (Å²) in [7, 11) is 1.44. The SMILES string of the molecule is CCCCCCSc1ccc(OC(=[OH+])C2CCCC2)c2ccccc12.CCCCSc1ccc(OC(=[OH+])C(C)(C)C)c2ccccc12.O=C(Oc1ccc([S+]2CCCC2)c2ccccc12)C1CCCC1.O=C(Oc1ccc([S+]2CCCC2)c2ccccc12)C1CCCCC1.O=C(Oc1ccc([S+]2CCCCC2)c2ccccc12)C1CC2CCC1C2.O=C(Oc1ccc([S+]2CCCCC2)c2ccccc12)C1CCCCC1. The Balaban J connectivity index is 0.000000119. The number of hydrogen-bond donors (Lipinski definition) is 0. The van der Waals surface area contributed by atoms with Gasteiger partial charge in [-0.2, -0.15) is 0 Å². The van der Waals surface area contributed by atoms with Crippen LogP contribution in [0, 0.1) is 46.8 Å². The van der Waals surface area contributed by atoms with E-state index in [9.17, 15) is 28.8 Å². The van der Waals surface area contributed by atoms with Crippen molar-refractivity contribution in [3.8, 4) is 34.5 Å². The normalized spacial score (nSPS) is 19.2. The van der Waals surface area contributed by atoms with Gasteiger partial charge in [-0.3, -0.25) is 28.7 Å². The maximum absolute atomic E-state index is 12.8. The molecule has 12 aromatic carbocycles. The highest BCUT2D eigenvalue weighted by atomic mass is 32.2. The van der Waals surface area contributed by atoms with Crippen LogP contribution in [0.3, 0.4) is 0 Å². The standard InChI is InChI=1S/C23H27O2S.C22H27O2S.C22H28O2S.C21H25O2S.C20H23O2S.C19H24O2S/c24-23(20-15-16-8-9-17(20)14-16)25-21-10-11-22(26-12-4-1-5-13-26)19-7-3-2-6-18(19)21;23-22(17-9-3-1-4-10-17)24-20-13-14-21(25-15-7-2-8-16-25)19-12-6-5-11-18(19)20;1-2-3-4-9-16-25-21-15-14-20(18-12-7-8-13-19(18)21)24-22(23)17-10-5-6-11-17;22-21(16-8-2-1-3-9-16)23-19-12-13-20(24-14-6-7-15-24)18-11-5-4-10-17(18)19;21-20(15-7-1-2-8-15)22-18-11-12-19(23-13-5-6-14-23)17-10-4-3-9-16(17)18;1-5-6-13-22-17-12-11-16(21-18(20)19(2,3)4)14-9-7-8-10-15(14)17/h2-3,6-7,10-11,16-17,20H,1,4-5,8-9,12-15H2;5-6,11-14,17H,1-4,7-10,15-16H2;7-8,12-15,17H,2-6,9-11,16H2,1H3;4-5,10-13,16H,1-3,6-9,14-15H2;3-4,9-12,15H,1-2,5-8,13-14H2;7-12H,5-6,13H2,1-4H3/q2*+1;;2*+1;/p+2. The molecule has 12 aromatic rings. The van der Waals surface area contributed by atoms with E-state index in [-0.39, 0.29) is 65.4 Å². The summed E-state index contributed by atoms with van der Waals surface area (Å²) in [4.78, 5) is 79.2. The summed E-state index contributed by atoms with van der Waals surface area (Å²) < 4.78 is 35.1. The van der Waals surface area contributed by atoms with Gasteiger partial charge in [-0.25, -0.2) is 0 Å². The first-order chi connectivity index (χ1) is 71.0. The van der Waals surface area contributed by atoms with Crippen LogP contribution >= 0.6 is 23.5 Å². The molecule has 6 aliphatic carbocycles. The molecule has 3 atom stereocenters. The molecule has 4 aliphatic heterocycles. The quantitative estimate of drug-likeness (QED) is 0.0175. The molecule has 2 bridgehead atoms. The summed E-state index contributed by atoms with van der Waals surface area (Å²) >= 11 is 3.81. The highest BCUT2D eigenvalue weighted by Crippen LogP contribution is 2.50. The van der Waals surface area contributed by atoms with Crippen LogP contribution in [0.5, 0.6) is 34.5 Å². The van der Waals surface area contributed by atoms with E-state index in [0.717, 1.165) is 175 Å². The summed E-state index contributed by atoms with van der Waals surface area (Å²) in [5, 5.41) is 14.0. The number of unbranched alkanes of at least 4 members (excludes halogenated alkanes) is 4. The summed E-state index contributed by atoms with van der Waals surface area (Å²) in [5.41, 5.74) is -0.393. The summed E-state index contributed by atoms with van der Waals surface area (Å²) in [6, 6.07) is 75.6. The molecule has 4 heterocycles. The average molecular weight is 2070 g/mol. The van der Waals surface area contributed by atoms with Gasteiger partial charge >= 0.3 is 35.8 Å². The Bertz CT molecular complexity index is 6330. The molecule has 0 spiro atoms. The van der Waals surface area contributed by atoms with Crippen LogP contribution in [0.15, 0.2) is 248 Å². The Labute approximate surface area is 882 Å². The Morgan fingerprint density at radius 3 is 0.897 bits per heavy atom. The summed E-state index contributed by atoms with van der Waals surface area (Å²) in [6.45, 7) is 10.2. The first-order valence-corrected chi connectivity index (χ1v) is 63.6. The predicted molar refractivity (Wildman–Crippen MR) is 615 cm³/mol. The van der Waals surface area contributed by atoms with Gasteiger partial charge in [0.15, 0.2) is 19.6 Å². The zero-order valence-corrected chi connectivity index (χ0v) is 91.6. The Morgan fingerprint density at radius 2 is 0.566 bits per heavy atom. The maximum Gasteiger partial charge on any atom is 0.494 e. The predicted octanol–water partition coefficient (Wildman–Crippen LogP) is 32.9. The van der Waals surface area contributed by atoms with E-state index in [0.29, 0.717) is 55.2 Å². The van der Waals surface area contributed by atoms with Gasteiger partial charge in [-0.15, -0.1) is 23.5 Å². The number of rotatable bonds is 25. The van der Waals surface area contributed by atoms with Crippen LogP contribution < -0.4 is 28.4 Å². The first-order valence-electron chi connectivity index (χ1n) is 55.4. The topological polar surface area (TPSA) is 166 Å². The highest BCUT2D eigenvalue weighted by Gasteiger charge is 2.45. The molecule has 18 heteroatoms. The van der Waals surface area contributed by atoms with Crippen molar-refractivity contribution < 1.29 is 57.2 Å². The molecule has 22 rings (SSSR count). The van der Waals surface area contributed by atoms with Crippen LogP contribution in [0.2, 0.25) is 0 Å². The lowest BCUT2D eigenvalue weighted by atomic mass is 9.89. The molecule has 4 saturated heterocycles. The maximum atomic E-state index is 12.8. The van der Waals surface area contributed by atoms with Crippen molar-refractivity contribution in [3.05, 3.63) is 218 Å². The monoisotopic (exact) mass is 2060 g/mol. The van der Waals surface area contributed by atoms with Crippen molar-refractivity contribution in [1.82, 2.24) is 0 Å². The van der Waals surface area contributed by atoms with Crippen molar-refractivity contribution in [2.45, 2.75) is 308 Å². The van der Waals surface area contributed by atoms with E-state index >= 15 is 0 Å². The third-order valence-corrected chi connectivity index (χ3v) is 43.6. The lowest BCUT2D eigenvalue weighted by Crippen LogP contribution is -2.26. The smallest absolute Gasteiger partial charge is 0.426 e. The first kappa shape index (κ1) is 107. The largest absolute Gasteiger partial charge is 0.494 e. The Morgan fingerprint density at radius 1 is 0.283 bits per heavy atom. The highest BCUT2D eigenvalue weighted by molar-refractivity contribution is 8.00. The number of fused-ring (bicyclic) bond motifs is 8. The van der Waals surface area contributed by atoms with E-state index < -0.39 is 5.41 Å². The number of benzene rings is 12. The minimum Gasteiger partial charge on any atom is -0.426 e. The fourth-order valence-corrected chi connectivity index (χ4v) is 35.1. The summed E-state index contributed by atoms with van der Waals surface area (Å²) in [6.07, 6.45) is 45.7. The van der Waals surface area contributed by atoms with E-state index in [1.807, 2.05) is 117 Å². The van der Waals surface area contributed by atoms with Crippen molar-refractivity contribution in [1.29, 1.82) is 0 Å². The molecule has 0 aromatic heterocycles. The van der Waals surface area contributed by atoms with Gasteiger partial charge in [0.05, 0.1) is 34.4 Å². The molecule has 6 saturated carbocycles. The van der Waals surface area contributed by atoms with Gasteiger partial charge in [0, 0.05) is 119 Å². The van der Waals surface area contributed by atoms with Crippen molar-refractivity contribution in [3.63, 3.8) is 0 Å². The Hall–Kier alpha value is -8.88. The molecule has 3 unspecified atom stereocenters. The number of carbonyl (C=O) groups excluding carboxylic acids is 6. The number of ether oxygens (including phenoxy) is 6. The van der Waals surface area contributed by atoms with Crippen molar-refractivity contribution in [2.24, 2.45) is 46.8 Å². The molecule has 10 aliphatic rings. The molecule has 766 valence electrons. The van der Waals surface area contributed by atoms with Crippen LogP contribution in [0.25, 0.3) is 64.6 Å². The van der Waals surface area contributed by atoms with E-state index in [1.165, 1.54) is 255 Å². The average Bonchev–Trinajstić information content (AvgIpc) is 1.53. The third-order valence-electron chi connectivity index (χ3n) is 31.2. The zero-order valence-electron chi connectivity index (χ0n) is 86.7. The second kappa shape index (κ2) is 54.0. The van der Waals surface area contributed by atoms with Gasteiger partial charge in [0.2, 0.25) is 0 Å². The van der Waals surface area contributed by atoms with Crippen LogP contribution in [-0.4, -0.2) is 103 Å². The number of hydrogen-bond acceptors (Lipinski definition) is 12. The number of esters is 6. The van der Waals surface area contributed by atoms with Gasteiger partial charge in [-0.1, -0.05) is 219 Å². The zero-order chi connectivity index (χ0) is 100. The van der Waals surface area contributed by atoms with E-state index in [1.54, 1.807) is 0 Å². The minimum atomic E-state index is -0.393. The number of thioether (sulfide) groups is 2. The van der Waals surface area contributed by atoms with Gasteiger partial charge in [0.25, 0.3) is 11.5 Å². The molecular weight excluding hydrogens is 1910 g/mol. The van der Waals surface area contributed by atoms with E-state index in [2.05, 4.69) is 159 Å². The third kappa shape index (κ3) is 28.4. The Kier molecular flexibility index (Phi) is 40.0. The molecule has 0 amide bonds. The second-order valence-electron chi connectivity index (χ2n) is 42.6. The van der Waals surface area contributed by atoms with E-state index in [4.69, 9.17) is 28.4 Å². The molecular formula is C127H156O12S6+6. The molecule has 2 N–H and O–H groups in total. The molecule has 10 fully saturated rings. The fourth-order valence-electron chi connectivity index (χ4n) is 22.9.